The van der Waals surface area contributed by atoms with Crippen LogP contribution >= 0.6 is 0 Å². The molecule has 3 rings (SSSR count). The zero-order valence-corrected chi connectivity index (χ0v) is 12.6. The molecular formula is C18H21N3. The molecule has 21 heavy (non-hydrogen) atoms. The van der Waals surface area contributed by atoms with Crippen LogP contribution in [0.3, 0.4) is 0 Å². The van der Waals surface area contributed by atoms with Gasteiger partial charge in [-0.25, -0.2) is 4.98 Å². The van der Waals surface area contributed by atoms with Crippen LogP contribution in [0.2, 0.25) is 0 Å². The number of para-hydroxylation sites is 3. The molecule has 1 N–H and O–H groups in total. The van der Waals surface area contributed by atoms with E-state index in [2.05, 4.69) is 60.1 Å². The van der Waals surface area contributed by atoms with Crippen molar-refractivity contribution in [1.29, 1.82) is 0 Å². The molecule has 0 atom stereocenters. The number of rotatable bonds is 5. The van der Waals surface area contributed by atoms with Crippen LogP contribution in [0.1, 0.15) is 25.3 Å². The Hall–Kier alpha value is -2.29. The normalized spacial score (nSPS) is 11.0. The quantitative estimate of drug-likeness (QED) is 0.720. The Morgan fingerprint density at radius 1 is 1.05 bits per heavy atom. The van der Waals surface area contributed by atoms with Crippen molar-refractivity contribution < 1.29 is 0 Å². The molecule has 0 aliphatic carbocycles. The maximum atomic E-state index is 4.75. The number of fused-ring (bicyclic) bond motifs is 1. The summed E-state index contributed by atoms with van der Waals surface area (Å²) >= 11 is 0. The van der Waals surface area contributed by atoms with Crippen molar-refractivity contribution in [1.82, 2.24) is 9.55 Å². The number of aryl methyl sites for hydroxylation is 2. The molecule has 3 aromatic rings. The molecule has 0 spiro atoms. The van der Waals surface area contributed by atoms with Crippen LogP contribution in [0.4, 0.5) is 11.6 Å². The van der Waals surface area contributed by atoms with Crippen LogP contribution in [-0.4, -0.2) is 9.55 Å². The lowest BCUT2D eigenvalue weighted by molar-refractivity contribution is 0.652. The highest BCUT2D eigenvalue weighted by atomic mass is 15.2. The first-order valence-corrected chi connectivity index (χ1v) is 7.57. The van der Waals surface area contributed by atoms with Gasteiger partial charge in [0.25, 0.3) is 0 Å². The van der Waals surface area contributed by atoms with E-state index in [4.69, 9.17) is 4.98 Å². The first-order valence-electron chi connectivity index (χ1n) is 7.57. The van der Waals surface area contributed by atoms with Crippen LogP contribution in [0.5, 0.6) is 0 Å². The smallest absolute Gasteiger partial charge is 0.208 e. The van der Waals surface area contributed by atoms with Gasteiger partial charge < -0.3 is 9.88 Å². The monoisotopic (exact) mass is 279 g/mol. The highest BCUT2D eigenvalue weighted by molar-refractivity contribution is 5.79. The van der Waals surface area contributed by atoms with Crippen molar-refractivity contribution in [3.8, 4) is 0 Å². The van der Waals surface area contributed by atoms with E-state index < -0.39 is 0 Å². The highest BCUT2D eigenvalue weighted by Gasteiger charge is 2.10. The van der Waals surface area contributed by atoms with E-state index in [0.717, 1.165) is 30.1 Å². The van der Waals surface area contributed by atoms with Crippen molar-refractivity contribution >= 4 is 22.7 Å². The molecular weight excluding hydrogens is 258 g/mol. The zero-order chi connectivity index (χ0) is 14.7. The van der Waals surface area contributed by atoms with Crippen molar-refractivity contribution in [3.63, 3.8) is 0 Å². The summed E-state index contributed by atoms with van der Waals surface area (Å²) in [6, 6.07) is 16.6. The SMILES string of the molecule is CCCCn1c(Nc2ccccc2C)nc2ccccc21. The maximum Gasteiger partial charge on any atom is 0.208 e. The number of aromatic nitrogens is 2. The summed E-state index contributed by atoms with van der Waals surface area (Å²) in [5.74, 6) is 0.930. The lowest BCUT2D eigenvalue weighted by atomic mass is 10.2. The van der Waals surface area contributed by atoms with E-state index in [9.17, 15) is 0 Å². The van der Waals surface area contributed by atoms with Crippen molar-refractivity contribution in [3.05, 3.63) is 54.1 Å². The van der Waals surface area contributed by atoms with Gasteiger partial charge in [0, 0.05) is 12.2 Å². The fraction of sp³-hybridized carbons (Fsp3) is 0.278. The van der Waals surface area contributed by atoms with E-state index in [1.165, 1.54) is 17.5 Å². The topological polar surface area (TPSA) is 29.9 Å². The van der Waals surface area contributed by atoms with E-state index in [1.807, 2.05) is 12.1 Å². The van der Waals surface area contributed by atoms with Crippen molar-refractivity contribution in [2.75, 3.05) is 5.32 Å². The number of hydrogen-bond donors (Lipinski definition) is 1. The van der Waals surface area contributed by atoms with Gasteiger partial charge in [0.2, 0.25) is 5.95 Å². The lowest BCUT2D eigenvalue weighted by Gasteiger charge is -2.12. The lowest BCUT2D eigenvalue weighted by Crippen LogP contribution is -2.04. The molecule has 0 saturated carbocycles. The zero-order valence-electron chi connectivity index (χ0n) is 12.6. The summed E-state index contributed by atoms with van der Waals surface area (Å²) in [7, 11) is 0. The average molecular weight is 279 g/mol. The number of nitrogens with zero attached hydrogens (tertiary/aromatic N) is 2. The summed E-state index contributed by atoms with van der Waals surface area (Å²) < 4.78 is 2.28. The minimum absolute atomic E-state index is 0.930. The Labute approximate surface area is 125 Å². The predicted octanol–water partition coefficient (Wildman–Crippen LogP) is 4.89. The van der Waals surface area contributed by atoms with Gasteiger partial charge in [0.15, 0.2) is 0 Å². The summed E-state index contributed by atoms with van der Waals surface area (Å²) in [6.45, 7) is 5.32. The number of unbranched alkanes of at least 4 members (excludes halogenated alkanes) is 1. The molecule has 0 aliphatic heterocycles. The van der Waals surface area contributed by atoms with E-state index in [1.54, 1.807) is 0 Å². The summed E-state index contributed by atoms with van der Waals surface area (Å²) in [5, 5.41) is 3.49. The third-order valence-electron chi connectivity index (χ3n) is 3.78. The summed E-state index contributed by atoms with van der Waals surface area (Å²) in [6.07, 6.45) is 2.33. The van der Waals surface area contributed by atoms with Gasteiger partial charge in [-0.05, 0) is 37.1 Å². The Bertz CT molecular complexity index is 743. The second kappa shape index (κ2) is 6.00. The van der Waals surface area contributed by atoms with Crippen LogP contribution in [-0.2, 0) is 6.54 Å². The molecule has 0 unspecified atom stereocenters. The Balaban J connectivity index is 2.02. The van der Waals surface area contributed by atoms with Gasteiger partial charge in [0.1, 0.15) is 0 Å². The standard InChI is InChI=1S/C18H21N3/c1-3-4-13-21-17-12-8-7-11-16(17)20-18(21)19-15-10-6-5-9-14(15)2/h5-12H,3-4,13H2,1-2H3,(H,19,20). The highest BCUT2D eigenvalue weighted by Crippen LogP contribution is 2.24. The Morgan fingerprint density at radius 2 is 1.81 bits per heavy atom. The van der Waals surface area contributed by atoms with E-state index >= 15 is 0 Å². The van der Waals surface area contributed by atoms with Crippen molar-refractivity contribution in [2.24, 2.45) is 0 Å². The van der Waals surface area contributed by atoms with Crippen LogP contribution in [0.15, 0.2) is 48.5 Å². The summed E-state index contributed by atoms with van der Waals surface area (Å²) in [5.41, 5.74) is 4.59. The molecule has 1 heterocycles. The van der Waals surface area contributed by atoms with Gasteiger partial charge in [-0.3, -0.25) is 0 Å². The minimum Gasteiger partial charge on any atom is -0.325 e. The average Bonchev–Trinajstić information content (AvgIpc) is 2.85. The maximum absolute atomic E-state index is 4.75. The summed E-state index contributed by atoms with van der Waals surface area (Å²) in [4.78, 5) is 4.75. The second-order valence-corrected chi connectivity index (χ2v) is 5.37. The Morgan fingerprint density at radius 3 is 2.62 bits per heavy atom. The third-order valence-corrected chi connectivity index (χ3v) is 3.78. The number of benzene rings is 2. The number of hydrogen-bond acceptors (Lipinski definition) is 2. The fourth-order valence-corrected chi connectivity index (χ4v) is 2.55. The molecule has 0 saturated heterocycles. The van der Waals surface area contributed by atoms with Crippen molar-refractivity contribution in [2.45, 2.75) is 33.2 Å². The molecule has 0 fully saturated rings. The van der Waals surface area contributed by atoms with Gasteiger partial charge >= 0.3 is 0 Å². The van der Waals surface area contributed by atoms with Gasteiger partial charge in [-0.2, -0.15) is 0 Å². The number of anilines is 2. The molecule has 3 heteroatoms. The molecule has 2 aromatic carbocycles. The minimum atomic E-state index is 0.930. The van der Waals surface area contributed by atoms with Crippen LogP contribution in [0.25, 0.3) is 11.0 Å². The third kappa shape index (κ3) is 2.77. The predicted molar refractivity (Wildman–Crippen MR) is 89.1 cm³/mol. The van der Waals surface area contributed by atoms with E-state index in [-0.39, 0.29) is 0 Å². The van der Waals surface area contributed by atoms with Crippen LogP contribution in [0, 0.1) is 6.92 Å². The molecule has 0 radical (unpaired) electrons. The molecule has 3 nitrogen and oxygen atoms in total. The molecule has 108 valence electrons. The molecule has 0 bridgehead atoms. The van der Waals surface area contributed by atoms with Gasteiger partial charge in [0.05, 0.1) is 11.0 Å². The number of imidazole rings is 1. The first-order chi connectivity index (χ1) is 10.3. The molecule has 0 aliphatic rings. The van der Waals surface area contributed by atoms with E-state index in [0.29, 0.717) is 0 Å². The Kier molecular flexibility index (Phi) is 3.91. The van der Waals surface area contributed by atoms with Crippen LogP contribution < -0.4 is 5.32 Å². The number of nitrogens with one attached hydrogen (secondary N) is 1. The largest absolute Gasteiger partial charge is 0.325 e. The van der Waals surface area contributed by atoms with Gasteiger partial charge in [-0.1, -0.05) is 43.7 Å². The first kappa shape index (κ1) is 13.7. The fourth-order valence-electron chi connectivity index (χ4n) is 2.55. The molecule has 0 amide bonds. The van der Waals surface area contributed by atoms with Gasteiger partial charge in [-0.15, -0.1) is 0 Å². The molecule has 1 aromatic heterocycles. The second-order valence-electron chi connectivity index (χ2n) is 5.37.